The molecule has 2 rings (SSSR count). The summed E-state index contributed by atoms with van der Waals surface area (Å²) in [7, 11) is 0. The number of phenolic OH excluding ortho intramolecular Hbond substituents is 1. The standard InChI is InChI=1S/C17H23NO2/c1-5-7-9-11-10-12(8-6-2)15(19)13-14(11)18-16(20)17(13,3)4/h6,10,19H,2,5,7-9H2,1,3-4H3,(H,18,20). The second-order valence-corrected chi connectivity index (χ2v) is 5.97. The molecule has 1 aliphatic heterocycles. The first-order chi connectivity index (χ1) is 9.43. The van der Waals surface area contributed by atoms with Gasteiger partial charge >= 0.3 is 0 Å². The summed E-state index contributed by atoms with van der Waals surface area (Å²) < 4.78 is 0. The molecule has 0 fully saturated rings. The van der Waals surface area contributed by atoms with E-state index in [-0.39, 0.29) is 11.7 Å². The van der Waals surface area contributed by atoms with Crippen molar-refractivity contribution in [3.05, 3.63) is 35.4 Å². The van der Waals surface area contributed by atoms with E-state index in [9.17, 15) is 9.90 Å². The Hall–Kier alpha value is -1.77. The van der Waals surface area contributed by atoms with Crippen LogP contribution in [0, 0.1) is 0 Å². The maximum Gasteiger partial charge on any atom is 0.234 e. The van der Waals surface area contributed by atoms with Gasteiger partial charge in [0.1, 0.15) is 5.75 Å². The SMILES string of the molecule is C=CCc1cc(CCCC)c2c(c1O)C(C)(C)C(=O)N2. The Balaban J connectivity index is 2.62. The Bertz CT molecular complexity index is 559. The lowest BCUT2D eigenvalue weighted by molar-refractivity contribution is -0.119. The molecule has 3 heteroatoms. The lowest BCUT2D eigenvalue weighted by Crippen LogP contribution is -2.27. The number of fused-ring (bicyclic) bond motifs is 1. The zero-order chi connectivity index (χ0) is 14.9. The van der Waals surface area contributed by atoms with Crippen LogP contribution in [0.5, 0.6) is 5.75 Å². The fourth-order valence-electron chi connectivity index (χ4n) is 2.80. The Morgan fingerprint density at radius 3 is 2.70 bits per heavy atom. The first-order valence-corrected chi connectivity index (χ1v) is 7.24. The van der Waals surface area contributed by atoms with Gasteiger partial charge in [0.05, 0.1) is 11.1 Å². The van der Waals surface area contributed by atoms with Crippen LogP contribution in [0.2, 0.25) is 0 Å². The first-order valence-electron chi connectivity index (χ1n) is 7.24. The first kappa shape index (κ1) is 14.6. The van der Waals surface area contributed by atoms with Crippen molar-refractivity contribution in [2.24, 2.45) is 0 Å². The minimum atomic E-state index is -0.683. The number of hydrogen-bond donors (Lipinski definition) is 2. The smallest absolute Gasteiger partial charge is 0.234 e. The van der Waals surface area contributed by atoms with Gasteiger partial charge in [-0.25, -0.2) is 0 Å². The lowest BCUT2D eigenvalue weighted by Gasteiger charge is -2.19. The predicted octanol–water partition coefficient (Wildman–Crippen LogP) is 3.69. The third-order valence-corrected chi connectivity index (χ3v) is 4.06. The maximum atomic E-state index is 12.2. The molecule has 1 heterocycles. The Labute approximate surface area is 120 Å². The average molecular weight is 273 g/mol. The number of benzene rings is 1. The molecule has 1 amide bonds. The highest BCUT2D eigenvalue weighted by molar-refractivity contribution is 6.07. The minimum Gasteiger partial charge on any atom is -0.507 e. The van der Waals surface area contributed by atoms with Crippen LogP contribution in [-0.2, 0) is 23.1 Å². The second kappa shape index (κ2) is 5.31. The monoisotopic (exact) mass is 273 g/mol. The van der Waals surface area contributed by atoms with Crippen molar-refractivity contribution in [2.75, 3.05) is 5.32 Å². The highest BCUT2D eigenvalue weighted by atomic mass is 16.3. The van der Waals surface area contributed by atoms with Gasteiger partial charge in [-0.05, 0) is 50.3 Å². The van der Waals surface area contributed by atoms with Crippen LogP contribution in [0.4, 0.5) is 5.69 Å². The summed E-state index contributed by atoms with van der Waals surface area (Å²) in [4.78, 5) is 12.2. The van der Waals surface area contributed by atoms with Gasteiger partial charge < -0.3 is 10.4 Å². The van der Waals surface area contributed by atoms with Crippen LogP contribution in [0.25, 0.3) is 0 Å². The number of nitrogens with one attached hydrogen (secondary N) is 1. The topological polar surface area (TPSA) is 49.3 Å². The van der Waals surface area contributed by atoms with Crippen molar-refractivity contribution < 1.29 is 9.90 Å². The largest absolute Gasteiger partial charge is 0.507 e. The lowest BCUT2D eigenvalue weighted by atomic mass is 9.82. The van der Waals surface area contributed by atoms with Crippen LogP contribution >= 0.6 is 0 Å². The zero-order valence-corrected chi connectivity index (χ0v) is 12.5. The number of allylic oxidation sites excluding steroid dienone is 1. The molecule has 0 radical (unpaired) electrons. The highest BCUT2D eigenvalue weighted by Crippen LogP contribution is 2.46. The summed E-state index contributed by atoms with van der Waals surface area (Å²) >= 11 is 0. The minimum absolute atomic E-state index is 0.0451. The van der Waals surface area contributed by atoms with Crippen LogP contribution in [0.3, 0.4) is 0 Å². The number of aryl methyl sites for hydroxylation is 1. The summed E-state index contributed by atoms with van der Waals surface area (Å²) in [5.41, 5.74) is 2.86. The van der Waals surface area contributed by atoms with Crippen LogP contribution in [0.15, 0.2) is 18.7 Å². The van der Waals surface area contributed by atoms with Gasteiger partial charge in [0, 0.05) is 5.56 Å². The third kappa shape index (κ3) is 2.21. The summed E-state index contributed by atoms with van der Waals surface area (Å²) in [6, 6.07) is 2.01. The number of carbonyl (C=O) groups excluding carboxylic acids is 1. The molecule has 0 atom stereocenters. The molecular weight excluding hydrogens is 250 g/mol. The molecule has 0 aromatic heterocycles. The third-order valence-electron chi connectivity index (χ3n) is 4.06. The number of amides is 1. The normalized spacial score (nSPS) is 15.8. The van der Waals surface area contributed by atoms with Crippen molar-refractivity contribution in [1.29, 1.82) is 0 Å². The molecule has 0 saturated carbocycles. The van der Waals surface area contributed by atoms with E-state index >= 15 is 0 Å². The fraction of sp³-hybridized carbons (Fsp3) is 0.471. The predicted molar refractivity (Wildman–Crippen MR) is 82.3 cm³/mol. The summed E-state index contributed by atoms with van der Waals surface area (Å²) in [5.74, 6) is 0.194. The van der Waals surface area contributed by atoms with E-state index in [1.165, 1.54) is 0 Å². The Kier molecular flexibility index (Phi) is 3.89. The van der Waals surface area contributed by atoms with E-state index < -0.39 is 5.41 Å². The molecule has 0 spiro atoms. The quantitative estimate of drug-likeness (QED) is 0.804. The zero-order valence-electron chi connectivity index (χ0n) is 12.5. The van der Waals surface area contributed by atoms with Gasteiger partial charge in [-0.3, -0.25) is 4.79 Å². The Morgan fingerprint density at radius 2 is 2.10 bits per heavy atom. The Morgan fingerprint density at radius 1 is 1.40 bits per heavy atom. The number of carbonyl (C=O) groups is 1. The van der Waals surface area contributed by atoms with E-state index in [0.29, 0.717) is 6.42 Å². The maximum absolute atomic E-state index is 12.2. The van der Waals surface area contributed by atoms with Crippen LogP contribution in [-0.4, -0.2) is 11.0 Å². The van der Waals surface area contributed by atoms with Gasteiger partial charge in [0.15, 0.2) is 0 Å². The average Bonchev–Trinajstić information content (AvgIpc) is 2.63. The summed E-state index contributed by atoms with van der Waals surface area (Å²) in [6.45, 7) is 9.60. The molecule has 1 aromatic rings. The van der Waals surface area contributed by atoms with E-state index in [1.807, 2.05) is 19.9 Å². The number of hydrogen-bond acceptors (Lipinski definition) is 2. The molecule has 0 aliphatic carbocycles. The molecule has 0 unspecified atom stereocenters. The molecule has 108 valence electrons. The highest BCUT2D eigenvalue weighted by Gasteiger charge is 2.42. The van der Waals surface area contributed by atoms with Crippen molar-refractivity contribution in [1.82, 2.24) is 0 Å². The van der Waals surface area contributed by atoms with Crippen LogP contribution < -0.4 is 5.32 Å². The fourth-order valence-corrected chi connectivity index (χ4v) is 2.80. The van der Waals surface area contributed by atoms with Crippen molar-refractivity contribution >= 4 is 11.6 Å². The van der Waals surface area contributed by atoms with Crippen molar-refractivity contribution in [3.63, 3.8) is 0 Å². The molecule has 0 saturated heterocycles. The van der Waals surface area contributed by atoms with Crippen LogP contribution in [0.1, 0.15) is 50.3 Å². The van der Waals surface area contributed by atoms with Crippen molar-refractivity contribution in [2.45, 2.75) is 51.9 Å². The van der Waals surface area contributed by atoms with Gasteiger partial charge in [-0.2, -0.15) is 0 Å². The molecule has 1 aromatic carbocycles. The van der Waals surface area contributed by atoms with Gasteiger partial charge in [-0.15, -0.1) is 6.58 Å². The number of unbranched alkanes of at least 4 members (excludes halogenated alkanes) is 1. The number of rotatable bonds is 5. The second-order valence-electron chi connectivity index (χ2n) is 5.97. The number of anilines is 1. The summed E-state index contributed by atoms with van der Waals surface area (Å²) in [5, 5.41) is 13.5. The van der Waals surface area contributed by atoms with E-state index in [4.69, 9.17) is 0 Å². The summed E-state index contributed by atoms with van der Waals surface area (Å²) in [6.07, 6.45) is 5.48. The van der Waals surface area contributed by atoms with Crippen molar-refractivity contribution in [3.8, 4) is 5.75 Å². The van der Waals surface area contributed by atoms with Gasteiger partial charge in [0.25, 0.3) is 0 Å². The molecule has 2 N–H and O–H groups in total. The van der Waals surface area contributed by atoms with E-state index in [1.54, 1.807) is 6.08 Å². The molecule has 0 bridgehead atoms. The molecule has 3 nitrogen and oxygen atoms in total. The number of phenols is 1. The van der Waals surface area contributed by atoms with Gasteiger partial charge in [-0.1, -0.05) is 19.4 Å². The molecular formula is C17H23NO2. The number of aromatic hydroxyl groups is 1. The van der Waals surface area contributed by atoms with E-state index in [2.05, 4.69) is 18.8 Å². The van der Waals surface area contributed by atoms with Gasteiger partial charge in [0.2, 0.25) is 5.91 Å². The molecule has 1 aliphatic rings. The molecule has 20 heavy (non-hydrogen) atoms. The van der Waals surface area contributed by atoms with E-state index in [0.717, 1.165) is 41.6 Å².